The van der Waals surface area contributed by atoms with Gasteiger partial charge in [-0.25, -0.2) is 0 Å². The van der Waals surface area contributed by atoms with Gasteiger partial charge in [-0.15, -0.1) is 0 Å². The number of rotatable bonds is 8. The van der Waals surface area contributed by atoms with Crippen LogP contribution in [0.5, 0.6) is 11.5 Å². The molecule has 6 aromatic carbocycles. The summed E-state index contributed by atoms with van der Waals surface area (Å²) < 4.78 is 103. The summed E-state index contributed by atoms with van der Waals surface area (Å²) in [6.45, 7) is 14.4. The molecule has 1 aliphatic heterocycles. The molecule has 0 atom stereocenters. The van der Waals surface area contributed by atoms with E-state index in [1.54, 1.807) is 12.1 Å². The molecule has 0 bridgehead atoms. The number of para-hydroxylation sites is 2. The van der Waals surface area contributed by atoms with Gasteiger partial charge in [0.1, 0.15) is 0 Å². The zero-order valence-electron chi connectivity index (χ0n) is 46.6. The van der Waals surface area contributed by atoms with Crippen LogP contribution in [0, 0.1) is 3.80 Å². The Balaban J connectivity index is 1.19. The molecule has 10 rings (SSSR count). The molecule has 3 aromatic heterocycles. The Kier molecular flexibility index (Phi) is 7.96. The van der Waals surface area contributed by atoms with E-state index < -0.39 is 65.8 Å². The van der Waals surface area contributed by atoms with E-state index in [4.69, 9.17) is 23.0 Å². The molecule has 0 unspecified atom stereocenters. The van der Waals surface area contributed by atoms with Crippen LogP contribution >= 0.6 is 0 Å². The van der Waals surface area contributed by atoms with E-state index in [2.05, 4.69) is 64.0 Å². The van der Waals surface area contributed by atoms with Gasteiger partial charge >= 0.3 is 341 Å². The van der Waals surface area contributed by atoms with Gasteiger partial charge in [0, 0.05) is 12.4 Å². The molecule has 0 amide bonds. The second-order valence-electron chi connectivity index (χ2n) is 17.9. The van der Waals surface area contributed by atoms with E-state index in [9.17, 15) is 5.48 Å². The van der Waals surface area contributed by atoms with Gasteiger partial charge in [0.2, 0.25) is 0 Å². The van der Waals surface area contributed by atoms with Crippen molar-refractivity contribution in [2.45, 2.75) is 65.6 Å². The number of benzene rings is 6. The Labute approximate surface area is 401 Å². The summed E-state index contributed by atoms with van der Waals surface area (Å²) in [6, 6.07) is 26.0. The van der Waals surface area contributed by atoms with Crippen molar-refractivity contribution in [2.24, 2.45) is 0 Å². The third kappa shape index (κ3) is 7.38. The van der Waals surface area contributed by atoms with Crippen LogP contribution in [0.2, 0.25) is 6.32 Å². The van der Waals surface area contributed by atoms with Gasteiger partial charge in [0.15, 0.2) is 0 Å². The second kappa shape index (κ2) is 16.2. The molecule has 0 N–H and O–H groups in total. The molecule has 0 saturated carbocycles. The van der Waals surface area contributed by atoms with Crippen molar-refractivity contribution in [1.82, 2.24) is 23.8 Å². The minimum atomic E-state index is -0.625. The summed E-state index contributed by atoms with van der Waals surface area (Å²) in [4.78, 5) is 7.13. The first-order chi connectivity index (χ1) is 35.0. The van der Waals surface area contributed by atoms with Crippen molar-refractivity contribution in [3.8, 4) is 56.4 Å². The first-order valence-electron chi connectivity index (χ1n) is 26.3. The molecule has 0 radical (unpaired) electrons. The maximum absolute atomic E-state index is 9.30. The Bertz CT molecular complexity index is 3710. The number of nitrogens with zero attached hydrogens (tertiary/aromatic N) is 6. The summed E-state index contributed by atoms with van der Waals surface area (Å²) in [5.41, 5.74) is 6.48. The predicted octanol–water partition coefficient (Wildman–Crippen LogP) is 14.0. The number of pyridine rings is 1. The third-order valence-electron chi connectivity index (χ3n) is 11.7. The van der Waals surface area contributed by atoms with Crippen molar-refractivity contribution < 1.29 is 37.8 Å². The molecular weight excluding hydrogens is 967 g/mol. The van der Waals surface area contributed by atoms with Crippen LogP contribution in [0.3, 0.4) is 0 Å². The van der Waals surface area contributed by atoms with Crippen LogP contribution in [-0.2, 0) is 30.2 Å². The molecule has 0 fully saturated rings. The Morgan fingerprint density at radius 3 is 1.92 bits per heavy atom. The molecule has 0 aliphatic carbocycles. The van der Waals surface area contributed by atoms with Crippen LogP contribution in [0.15, 0.2) is 170 Å². The SMILES string of the molecule is [2H]c1c([2H])c([2H])c(-c2cc(C(C)(C)C)cc(-c3c([2H])c([2H])c([2H])c([2H])c3[2H])c2-n2[c](=[Pt])n(-c3cccc(Oc4ccc5c(c4)N(c4cc(C(C)(C)C)ccn4)B(CC)n4nccc4-5)c3)c3ccccc32)c([2H])c1[2H]. The molecule has 320 valence electrons. The molecule has 0 spiro atoms. The maximum atomic E-state index is 9.30. The minimum absolute atomic E-state index is 0.0995. The van der Waals surface area contributed by atoms with E-state index in [1.165, 1.54) is 0 Å². The van der Waals surface area contributed by atoms with E-state index in [0.29, 0.717) is 37.6 Å². The fourth-order valence-electron chi connectivity index (χ4n) is 8.52. The Morgan fingerprint density at radius 1 is 0.641 bits per heavy atom. The topological polar surface area (TPSA) is 53.0 Å². The zero-order chi connectivity index (χ0) is 53.0. The van der Waals surface area contributed by atoms with E-state index in [-0.39, 0.29) is 40.3 Å². The van der Waals surface area contributed by atoms with Gasteiger partial charge in [-0.3, -0.25) is 0 Å². The fraction of sp³-hybridized carbons (Fsp3) is 0.182. The predicted molar refractivity (Wildman–Crippen MR) is 260 cm³/mol. The van der Waals surface area contributed by atoms with Crippen LogP contribution in [0.1, 0.15) is 73.3 Å². The van der Waals surface area contributed by atoms with Gasteiger partial charge in [-0.1, -0.05) is 27.7 Å². The quantitative estimate of drug-likeness (QED) is 0.142. The summed E-state index contributed by atoms with van der Waals surface area (Å²) in [5.74, 6) is 1.92. The number of aromatic nitrogens is 5. The summed E-state index contributed by atoms with van der Waals surface area (Å²) in [7, 11) is 0. The average molecular weight is 1030 g/mol. The number of hydrogen-bond donors (Lipinski definition) is 0. The molecular formula is C55H51BN6OPt. The summed E-state index contributed by atoms with van der Waals surface area (Å²) >= 11 is 2.20. The van der Waals surface area contributed by atoms with Crippen molar-refractivity contribution in [3.05, 3.63) is 185 Å². The van der Waals surface area contributed by atoms with Crippen molar-refractivity contribution >= 4 is 29.5 Å². The van der Waals surface area contributed by atoms with Gasteiger partial charge < -0.3 is 0 Å². The van der Waals surface area contributed by atoms with Gasteiger partial charge in [-0.2, -0.15) is 5.10 Å². The standard InChI is InChI=1S/C55H51BN6O.Pt/c1-8-56-61(52-34-40(28-30-57-52)54(2,3)4)51-36-44(26-27-45(51)48-29-31-58-62(48)56)63-43-23-17-22-42(35-43)59-37-60(50-25-16-15-24-49(50)59)53-46(38-18-11-9-12-19-38)32-41(55(5,6)7)33-47(53)39-20-13-10-14-21-39;/h9-36H,8H2,1-7H3;/i9D,10D,11D,12D,13D,14D,18D,19D,20D,21D;. The molecule has 4 heterocycles. The fourth-order valence-corrected chi connectivity index (χ4v) is 9.62. The molecule has 1 aliphatic rings. The Morgan fingerprint density at radius 2 is 1.28 bits per heavy atom. The summed E-state index contributed by atoms with van der Waals surface area (Å²) in [5, 5.41) is 4.76. The van der Waals surface area contributed by atoms with Crippen LogP contribution in [-0.4, -0.2) is 30.8 Å². The second-order valence-corrected chi connectivity index (χ2v) is 18.9. The van der Waals surface area contributed by atoms with E-state index in [1.807, 2.05) is 120 Å². The van der Waals surface area contributed by atoms with Crippen LogP contribution in [0.25, 0.3) is 55.9 Å². The van der Waals surface area contributed by atoms with Gasteiger partial charge in [0.05, 0.1) is 0 Å². The number of ether oxygens (including phenoxy) is 1. The Hall–Kier alpha value is -6.50. The van der Waals surface area contributed by atoms with Gasteiger partial charge in [0.25, 0.3) is 0 Å². The monoisotopic (exact) mass is 1030 g/mol. The number of anilines is 2. The van der Waals surface area contributed by atoms with Gasteiger partial charge in [-0.05, 0) is 17.0 Å². The normalized spacial score (nSPS) is 14.9. The number of imidazole rings is 1. The van der Waals surface area contributed by atoms with Crippen molar-refractivity contribution in [1.29, 1.82) is 0 Å². The number of hydrogen-bond acceptors (Lipinski definition) is 4. The first-order valence-corrected chi connectivity index (χ1v) is 22.4. The van der Waals surface area contributed by atoms with E-state index in [0.717, 1.165) is 34.6 Å². The molecule has 64 heavy (non-hydrogen) atoms. The molecule has 7 nitrogen and oxygen atoms in total. The third-order valence-corrected chi connectivity index (χ3v) is 12.7. The molecule has 9 heteroatoms. The van der Waals surface area contributed by atoms with Crippen LogP contribution in [0.4, 0.5) is 11.5 Å². The van der Waals surface area contributed by atoms with Crippen LogP contribution < -0.4 is 9.55 Å². The average Bonchev–Trinajstić information content (AvgIpc) is 3.99. The number of fused-ring (bicyclic) bond motifs is 4. The first kappa shape index (κ1) is 31.4. The summed E-state index contributed by atoms with van der Waals surface area (Å²) in [6.07, 6.45) is 4.43. The molecule has 9 aromatic rings. The van der Waals surface area contributed by atoms with Crippen molar-refractivity contribution in [3.63, 3.8) is 0 Å². The van der Waals surface area contributed by atoms with Crippen molar-refractivity contribution in [2.75, 3.05) is 4.81 Å². The van der Waals surface area contributed by atoms with E-state index >= 15 is 0 Å². The molecule has 0 saturated heterocycles. The zero-order valence-corrected chi connectivity index (χ0v) is 38.9.